The lowest BCUT2D eigenvalue weighted by molar-refractivity contribution is -0.142. The summed E-state index contributed by atoms with van der Waals surface area (Å²) >= 11 is 9.47. The summed E-state index contributed by atoms with van der Waals surface area (Å²) < 4.78 is 6.43. The van der Waals surface area contributed by atoms with Crippen LogP contribution >= 0.6 is 27.5 Å². The van der Waals surface area contributed by atoms with Gasteiger partial charge < -0.3 is 15.0 Å². The molecule has 0 fully saturated rings. The van der Waals surface area contributed by atoms with Crippen LogP contribution in [0, 0.1) is 0 Å². The van der Waals surface area contributed by atoms with E-state index in [0.717, 1.165) is 10.0 Å². The third-order valence-electron chi connectivity index (χ3n) is 4.07. The highest BCUT2D eigenvalue weighted by atomic mass is 79.9. The zero-order chi connectivity index (χ0) is 19.8. The topological polar surface area (TPSA) is 58.6 Å². The van der Waals surface area contributed by atoms with Gasteiger partial charge in [0.2, 0.25) is 5.91 Å². The molecule has 5 nitrogen and oxygen atoms in total. The highest BCUT2D eigenvalue weighted by Gasteiger charge is 2.28. The fraction of sp³-hybridized carbons (Fsp3) is 0.300. The van der Waals surface area contributed by atoms with Gasteiger partial charge in [-0.15, -0.1) is 0 Å². The van der Waals surface area contributed by atoms with Gasteiger partial charge >= 0.3 is 0 Å². The number of benzene rings is 2. The zero-order valence-electron chi connectivity index (χ0n) is 15.2. The minimum atomic E-state index is -0.577. The number of ether oxygens (including phenoxy) is 1. The van der Waals surface area contributed by atoms with Crippen molar-refractivity contribution in [1.29, 1.82) is 0 Å². The highest BCUT2D eigenvalue weighted by Crippen LogP contribution is 2.27. The normalized spacial score (nSPS) is 11.6. The second-order valence-electron chi connectivity index (χ2n) is 5.91. The minimum absolute atomic E-state index is 0.205. The van der Waals surface area contributed by atoms with Crippen molar-refractivity contribution < 1.29 is 14.3 Å². The Labute approximate surface area is 172 Å². The molecule has 2 aromatic carbocycles. The average Bonchev–Trinajstić information content (AvgIpc) is 2.67. The molecule has 2 aromatic rings. The van der Waals surface area contributed by atoms with Crippen LogP contribution in [-0.2, 0) is 16.1 Å². The molecule has 0 heterocycles. The van der Waals surface area contributed by atoms with Crippen molar-refractivity contribution in [3.8, 4) is 5.75 Å². The molecule has 0 unspecified atom stereocenters. The first kappa shape index (κ1) is 21.3. The smallest absolute Gasteiger partial charge is 0.261 e. The van der Waals surface area contributed by atoms with Gasteiger partial charge in [0.1, 0.15) is 11.8 Å². The zero-order valence-corrected chi connectivity index (χ0v) is 17.6. The summed E-state index contributed by atoms with van der Waals surface area (Å²) in [6, 6.07) is 14.1. The first-order valence-electron chi connectivity index (χ1n) is 8.59. The third kappa shape index (κ3) is 5.97. The lowest BCUT2D eigenvalue weighted by Crippen LogP contribution is -2.49. The fourth-order valence-corrected chi connectivity index (χ4v) is 3.41. The van der Waals surface area contributed by atoms with Gasteiger partial charge in [-0.2, -0.15) is 0 Å². The molecule has 0 bridgehead atoms. The maximum atomic E-state index is 12.9. The summed E-state index contributed by atoms with van der Waals surface area (Å²) in [4.78, 5) is 26.7. The Kier molecular flexibility index (Phi) is 8.13. The van der Waals surface area contributed by atoms with Gasteiger partial charge in [-0.25, -0.2) is 0 Å². The number of nitrogens with one attached hydrogen (secondary N) is 1. The summed E-state index contributed by atoms with van der Waals surface area (Å²) in [6.45, 7) is 1.99. The number of halogens is 2. The maximum absolute atomic E-state index is 12.9. The SMILES string of the molecule is CC[C@H](C(=O)NC)N(Cc1ccccc1)C(=O)COc1ccc(Br)cc1Cl. The molecule has 144 valence electrons. The Bertz CT molecular complexity index is 786. The van der Waals surface area contributed by atoms with Crippen molar-refractivity contribution in [1.82, 2.24) is 10.2 Å². The van der Waals surface area contributed by atoms with Crippen LogP contribution in [0.5, 0.6) is 5.75 Å². The molecule has 0 saturated heterocycles. The molecule has 2 amide bonds. The monoisotopic (exact) mass is 452 g/mol. The van der Waals surface area contributed by atoms with Crippen LogP contribution in [0.3, 0.4) is 0 Å². The van der Waals surface area contributed by atoms with Crippen molar-refractivity contribution in [2.45, 2.75) is 25.9 Å². The molecule has 0 aliphatic heterocycles. The van der Waals surface area contributed by atoms with Crippen molar-refractivity contribution in [2.75, 3.05) is 13.7 Å². The van der Waals surface area contributed by atoms with E-state index < -0.39 is 6.04 Å². The summed E-state index contributed by atoms with van der Waals surface area (Å²) in [5.74, 6) is -0.0717. The van der Waals surface area contributed by atoms with E-state index in [4.69, 9.17) is 16.3 Å². The quantitative estimate of drug-likeness (QED) is 0.656. The molecule has 1 atom stereocenters. The van der Waals surface area contributed by atoms with Crippen molar-refractivity contribution in [3.63, 3.8) is 0 Å². The standard InChI is InChI=1S/C20H22BrClN2O3/c1-3-17(20(26)23-2)24(12-14-7-5-4-6-8-14)19(25)13-27-18-10-9-15(21)11-16(18)22/h4-11,17H,3,12-13H2,1-2H3,(H,23,26)/t17-/m1/s1. The predicted octanol–water partition coefficient (Wildman–Crippen LogP) is 4.03. The number of rotatable bonds is 8. The highest BCUT2D eigenvalue weighted by molar-refractivity contribution is 9.10. The molecule has 0 spiro atoms. The Morgan fingerprint density at radius 3 is 2.52 bits per heavy atom. The molecule has 7 heteroatoms. The molecule has 1 N–H and O–H groups in total. The van der Waals surface area contributed by atoms with Crippen LogP contribution in [0.15, 0.2) is 53.0 Å². The Balaban J connectivity index is 2.17. The van der Waals surface area contributed by atoms with E-state index in [2.05, 4.69) is 21.2 Å². The number of likely N-dealkylation sites (N-methyl/N-ethyl adjacent to an activating group) is 1. The summed E-state index contributed by atoms with van der Waals surface area (Å²) in [5, 5.41) is 3.03. The lowest BCUT2D eigenvalue weighted by Gasteiger charge is -2.30. The van der Waals surface area contributed by atoms with Crippen molar-refractivity contribution in [3.05, 3.63) is 63.6 Å². The lowest BCUT2D eigenvalue weighted by atomic mass is 10.1. The summed E-state index contributed by atoms with van der Waals surface area (Å²) in [6.07, 6.45) is 0.497. The van der Waals surface area contributed by atoms with Gasteiger partial charge in [0.05, 0.1) is 5.02 Å². The van der Waals surface area contributed by atoms with E-state index in [9.17, 15) is 9.59 Å². The van der Waals surface area contributed by atoms with Gasteiger partial charge in [0, 0.05) is 18.1 Å². The van der Waals surface area contributed by atoms with Crippen LogP contribution in [0.2, 0.25) is 5.02 Å². The fourth-order valence-electron chi connectivity index (χ4n) is 2.68. The van der Waals surface area contributed by atoms with Crippen molar-refractivity contribution in [2.24, 2.45) is 0 Å². The van der Waals surface area contributed by atoms with Crippen LogP contribution in [-0.4, -0.2) is 36.4 Å². The Morgan fingerprint density at radius 1 is 1.22 bits per heavy atom. The van der Waals surface area contributed by atoms with Gasteiger partial charge in [-0.3, -0.25) is 9.59 Å². The van der Waals surface area contributed by atoms with E-state index in [1.807, 2.05) is 37.3 Å². The molecule has 27 heavy (non-hydrogen) atoms. The van der Waals surface area contributed by atoms with Crippen LogP contribution in [0.25, 0.3) is 0 Å². The second-order valence-corrected chi connectivity index (χ2v) is 7.23. The molecular weight excluding hydrogens is 432 g/mol. The summed E-state index contributed by atoms with van der Waals surface area (Å²) in [7, 11) is 1.56. The molecule has 0 saturated carbocycles. The maximum Gasteiger partial charge on any atom is 0.261 e. The number of nitrogens with zero attached hydrogens (tertiary/aromatic N) is 1. The Morgan fingerprint density at radius 2 is 1.93 bits per heavy atom. The number of carbonyl (C=O) groups excluding carboxylic acids is 2. The van der Waals surface area contributed by atoms with E-state index in [1.165, 1.54) is 0 Å². The third-order valence-corrected chi connectivity index (χ3v) is 4.86. The first-order chi connectivity index (χ1) is 13.0. The molecule has 2 rings (SSSR count). The van der Waals surface area contributed by atoms with Crippen molar-refractivity contribution >= 4 is 39.3 Å². The predicted molar refractivity (Wildman–Crippen MR) is 110 cm³/mol. The van der Waals surface area contributed by atoms with Gasteiger partial charge in [0.15, 0.2) is 6.61 Å². The van der Waals surface area contributed by atoms with E-state index >= 15 is 0 Å². The Hall–Kier alpha value is -2.05. The molecular formula is C20H22BrClN2O3. The number of amides is 2. The van der Waals surface area contributed by atoms with E-state index in [0.29, 0.717) is 23.7 Å². The van der Waals surface area contributed by atoms with E-state index in [-0.39, 0.29) is 18.4 Å². The second kappa shape index (κ2) is 10.3. The summed E-state index contributed by atoms with van der Waals surface area (Å²) in [5.41, 5.74) is 0.940. The number of hydrogen-bond acceptors (Lipinski definition) is 3. The number of carbonyl (C=O) groups is 2. The first-order valence-corrected chi connectivity index (χ1v) is 9.76. The molecule has 0 aliphatic carbocycles. The average molecular weight is 454 g/mol. The van der Waals surface area contributed by atoms with Gasteiger partial charge in [-0.05, 0) is 30.2 Å². The molecule has 0 aliphatic rings. The molecule has 0 aromatic heterocycles. The van der Waals surface area contributed by atoms with Gasteiger partial charge in [-0.1, -0.05) is 64.8 Å². The van der Waals surface area contributed by atoms with Crippen LogP contribution in [0.4, 0.5) is 0 Å². The van der Waals surface area contributed by atoms with E-state index in [1.54, 1.807) is 30.1 Å². The van der Waals surface area contributed by atoms with Crippen LogP contribution < -0.4 is 10.1 Å². The molecule has 0 radical (unpaired) electrons. The number of hydrogen-bond donors (Lipinski definition) is 1. The largest absolute Gasteiger partial charge is 0.482 e. The van der Waals surface area contributed by atoms with Gasteiger partial charge in [0.25, 0.3) is 5.91 Å². The minimum Gasteiger partial charge on any atom is -0.482 e. The van der Waals surface area contributed by atoms with Crippen LogP contribution in [0.1, 0.15) is 18.9 Å².